The smallest absolute Gasteiger partial charge is 0.220 e. The Labute approximate surface area is 189 Å². The van der Waals surface area contributed by atoms with Gasteiger partial charge in [-0.25, -0.2) is 0 Å². The van der Waals surface area contributed by atoms with E-state index < -0.39 is 0 Å². The van der Waals surface area contributed by atoms with E-state index in [0.717, 1.165) is 12.0 Å². The molecule has 3 heterocycles. The SMILES string of the molecule is Cc1ccsc1CCNC(=O)CCc1nnc2ccc(NCc3ccccc3Cl)nn12. The molecule has 0 saturated heterocycles. The van der Waals surface area contributed by atoms with Gasteiger partial charge in [-0.05, 0) is 54.1 Å². The zero-order chi connectivity index (χ0) is 21.6. The maximum absolute atomic E-state index is 12.2. The molecule has 1 aromatic carbocycles. The standard InChI is InChI=1S/C22H23ClN6OS/c1-15-11-13-31-18(15)10-12-24-22(30)9-8-21-27-26-20-7-6-19(28-29(20)21)25-14-16-4-2-3-5-17(16)23/h2-7,11,13H,8-10,12,14H2,1H3,(H,24,30)(H,25,28). The highest BCUT2D eigenvalue weighted by Gasteiger charge is 2.11. The number of nitrogens with one attached hydrogen (secondary N) is 2. The van der Waals surface area contributed by atoms with Gasteiger partial charge >= 0.3 is 0 Å². The maximum Gasteiger partial charge on any atom is 0.220 e. The molecule has 9 heteroatoms. The summed E-state index contributed by atoms with van der Waals surface area (Å²) in [6, 6.07) is 13.5. The second-order valence-corrected chi connectivity index (χ2v) is 8.58. The van der Waals surface area contributed by atoms with E-state index in [0.29, 0.717) is 48.2 Å². The molecule has 0 radical (unpaired) electrons. The van der Waals surface area contributed by atoms with Crippen LogP contribution in [0.5, 0.6) is 0 Å². The number of benzene rings is 1. The summed E-state index contributed by atoms with van der Waals surface area (Å²) in [5.41, 5.74) is 2.91. The molecule has 0 fully saturated rings. The highest BCUT2D eigenvalue weighted by atomic mass is 35.5. The van der Waals surface area contributed by atoms with Gasteiger partial charge in [-0.3, -0.25) is 4.79 Å². The van der Waals surface area contributed by atoms with Crippen LogP contribution in [-0.2, 0) is 24.2 Å². The second-order valence-electron chi connectivity index (χ2n) is 7.18. The van der Waals surface area contributed by atoms with Gasteiger partial charge in [-0.15, -0.1) is 26.6 Å². The van der Waals surface area contributed by atoms with Gasteiger partial charge < -0.3 is 10.6 Å². The lowest BCUT2D eigenvalue weighted by atomic mass is 10.2. The number of aryl methyl sites for hydroxylation is 2. The number of carbonyl (C=O) groups excluding carboxylic acids is 1. The molecule has 160 valence electrons. The first-order chi connectivity index (χ1) is 15.1. The summed E-state index contributed by atoms with van der Waals surface area (Å²) in [5, 5.41) is 22.0. The topological polar surface area (TPSA) is 84.2 Å². The summed E-state index contributed by atoms with van der Waals surface area (Å²) >= 11 is 7.94. The van der Waals surface area contributed by atoms with Crippen LogP contribution in [-0.4, -0.2) is 32.3 Å². The van der Waals surface area contributed by atoms with Crippen molar-refractivity contribution in [2.24, 2.45) is 0 Å². The summed E-state index contributed by atoms with van der Waals surface area (Å²) in [6.07, 6.45) is 1.65. The van der Waals surface area contributed by atoms with E-state index >= 15 is 0 Å². The van der Waals surface area contributed by atoms with Crippen LogP contribution in [0.1, 0.15) is 28.2 Å². The van der Waals surface area contributed by atoms with E-state index in [9.17, 15) is 4.79 Å². The van der Waals surface area contributed by atoms with Crippen molar-refractivity contribution in [3.05, 3.63) is 74.7 Å². The monoisotopic (exact) mass is 454 g/mol. The average Bonchev–Trinajstić information content (AvgIpc) is 3.37. The molecule has 0 unspecified atom stereocenters. The minimum Gasteiger partial charge on any atom is -0.364 e. The van der Waals surface area contributed by atoms with E-state index in [1.54, 1.807) is 15.9 Å². The molecule has 4 rings (SSSR count). The summed E-state index contributed by atoms with van der Waals surface area (Å²) in [4.78, 5) is 13.5. The van der Waals surface area contributed by atoms with Gasteiger partial charge in [-0.2, -0.15) is 4.52 Å². The van der Waals surface area contributed by atoms with Gasteiger partial charge in [-0.1, -0.05) is 29.8 Å². The molecule has 3 aromatic heterocycles. The average molecular weight is 455 g/mol. The number of fused-ring (bicyclic) bond motifs is 1. The van der Waals surface area contributed by atoms with Crippen molar-refractivity contribution < 1.29 is 4.79 Å². The lowest BCUT2D eigenvalue weighted by Crippen LogP contribution is -2.26. The third-order valence-corrected chi connectivity index (χ3v) is 6.41. The lowest BCUT2D eigenvalue weighted by molar-refractivity contribution is -0.121. The number of nitrogens with zero attached hydrogens (tertiary/aromatic N) is 4. The summed E-state index contributed by atoms with van der Waals surface area (Å²) in [7, 11) is 0. The van der Waals surface area contributed by atoms with Crippen LogP contribution in [0.15, 0.2) is 47.8 Å². The Balaban J connectivity index is 1.32. The van der Waals surface area contributed by atoms with E-state index in [1.807, 2.05) is 36.4 Å². The van der Waals surface area contributed by atoms with Crippen LogP contribution in [0.2, 0.25) is 5.02 Å². The molecule has 2 N–H and O–H groups in total. The Morgan fingerprint density at radius 2 is 2.00 bits per heavy atom. The van der Waals surface area contributed by atoms with Gasteiger partial charge in [0.05, 0.1) is 0 Å². The number of thiophene rings is 1. The fraction of sp³-hybridized carbons (Fsp3) is 0.273. The number of anilines is 1. The first-order valence-corrected chi connectivity index (χ1v) is 11.3. The molecule has 4 aromatic rings. The van der Waals surface area contributed by atoms with Crippen molar-refractivity contribution in [2.45, 2.75) is 32.7 Å². The molecule has 0 aliphatic rings. The normalized spacial score (nSPS) is 11.0. The lowest BCUT2D eigenvalue weighted by Gasteiger charge is -2.08. The minimum atomic E-state index is -0.000965. The molecule has 0 aliphatic heterocycles. The molecule has 0 aliphatic carbocycles. The number of amides is 1. The molecule has 31 heavy (non-hydrogen) atoms. The third kappa shape index (κ3) is 5.39. The van der Waals surface area contributed by atoms with Crippen molar-refractivity contribution in [3.8, 4) is 0 Å². The first-order valence-electron chi connectivity index (χ1n) is 10.1. The predicted octanol–water partition coefficient (Wildman–Crippen LogP) is 4.05. The largest absolute Gasteiger partial charge is 0.364 e. The zero-order valence-electron chi connectivity index (χ0n) is 17.1. The predicted molar refractivity (Wildman–Crippen MR) is 124 cm³/mol. The van der Waals surface area contributed by atoms with Crippen LogP contribution in [0, 0.1) is 6.92 Å². The van der Waals surface area contributed by atoms with Crippen molar-refractivity contribution in [1.82, 2.24) is 25.1 Å². The van der Waals surface area contributed by atoms with Crippen LogP contribution in [0.4, 0.5) is 5.82 Å². The van der Waals surface area contributed by atoms with Gasteiger partial charge in [0.2, 0.25) is 5.91 Å². The quantitative estimate of drug-likeness (QED) is 0.398. The van der Waals surface area contributed by atoms with Gasteiger partial charge in [0.1, 0.15) is 5.82 Å². The van der Waals surface area contributed by atoms with E-state index in [2.05, 4.69) is 44.3 Å². The van der Waals surface area contributed by atoms with Crippen molar-refractivity contribution in [2.75, 3.05) is 11.9 Å². The Morgan fingerprint density at radius 3 is 2.81 bits per heavy atom. The van der Waals surface area contributed by atoms with Gasteiger partial charge in [0.15, 0.2) is 11.5 Å². The summed E-state index contributed by atoms with van der Waals surface area (Å²) in [6.45, 7) is 3.28. The highest BCUT2D eigenvalue weighted by Crippen LogP contribution is 2.17. The van der Waals surface area contributed by atoms with E-state index in [-0.39, 0.29) is 5.91 Å². The Bertz CT molecular complexity index is 1190. The third-order valence-electron chi connectivity index (χ3n) is 4.96. The Hall–Kier alpha value is -2.97. The number of carbonyl (C=O) groups is 1. The molecular formula is C22H23ClN6OS. The number of hydrogen-bond acceptors (Lipinski definition) is 6. The molecule has 7 nitrogen and oxygen atoms in total. The molecular weight excluding hydrogens is 432 g/mol. The fourth-order valence-electron chi connectivity index (χ4n) is 3.20. The summed E-state index contributed by atoms with van der Waals surface area (Å²) < 4.78 is 1.68. The van der Waals surface area contributed by atoms with Crippen LogP contribution in [0.25, 0.3) is 5.65 Å². The molecule has 0 saturated carbocycles. The Morgan fingerprint density at radius 1 is 1.13 bits per heavy atom. The molecule has 1 amide bonds. The van der Waals surface area contributed by atoms with E-state index in [4.69, 9.17) is 11.6 Å². The van der Waals surface area contributed by atoms with Crippen LogP contribution >= 0.6 is 22.9 Å². The Kier molecular flexibility index (Phi) is 6.79. The second kappa shape index (κ2) is 9.89. The molecule has 0 spiro atoms. The fourth-order valence-corrected chi connectivity index (χ4v) is 4.31. The van der Waals surface area contributed by atoms with Crippen LogP contribution in [0.3, 0.4) is 0 Å². The maximum atomic E-state index is 12.2. The minimum absolute atomic E-state index is 0.000965. The van der Waals surface area contributed by atoms with Crippen LogP contribution < -0.4 is 10.6 Å². The zero-order valence-corrected chi connectivity index (χ0v) is 18.7. The number of hydrogen-bond donors (Lipinski definition) is 2. The van der Waals surface area contributed by atoms with Crippen molar-refractivity contribution >= 4 is 40.3 Å². The summed E-state index contributed by atoms with van der Waals surface area (Å²) in [5.74, 6) is 1.34. The number of rotatable bonds is 9. The highest BCUT2D eigenvalue weighted by molar-refractivity contribution is 7.10. The van der Waals surface area contributed by atoms with Crippen molar-refractivity contribution in [3.63, 3.8) is 0 Å². The van der Waals surface area contributed by atoms with Gasteiger partial charge in [0, 0.05) is 35.8 Å². The molecule has 0 atom stereocenters. The number of aromatic nitrogens is 4. The van der Waals surface area contributed by atoms with Crippen molar-refractivity contribution in [1.29, 1.82) is 0 Å². The van der Waals surface area contributed by atoms with E-state index in [1.165, 1.54) is 10.4 Å². The molecule has 0 bridgehead atoms. The number of halogens is 1. The first kappa shape index (κ1) is 21.3. The van der Waals surface area contributed by atoms with Gasteiger partial charge in [0.25, 0.3) is 0 Å².